The Morgan fingerprint density at radius 1 is 0.407 bits per heavy atom. The third-order valence-electron chi connectivity index (χ3n) is 11.5. The number of anilines is 3. The minimum Gasteiger partial charge on any atom is -0.456 e. The van der Waals surface area contributed by atoms with E-state index in [4.69, 9.17) is 4.42 Å². The summed E-state index contributed by atoms with van der Waals surface area (Å²) < 4.78 is 9.17. The van der Waals surface area contributed by atoms with E-state index in [0.717, 1.165) is 39.0 Å². The van der Waals surface area contributed by atoms with Crippen molar-refractivity contribution in [3.63, 3.8) is 0 Å². The molecule has 10 aromatic rings. The van der Waals surface area contributed by atoms with Crippen LogP contribution in [0.1, 0.15) is 25.0 Å². The second-order valence-corrected chi connectivity index (χ2v) is 16.0. The molecule has 2 nitrogen and oxygen atoms in total. The van der Waals surface area contributed by atoms with Gasteiger partial charge in [0.25, 0.3) is 0 Å². The van der Waals surface area contributed by atoms with Gasteiger partial charge in [-0.05, 0) is 111 Å². The summed E-state index contributed by atoms with van der Waals surface area (Å²) in [6.45, 7) is 4.70. The van der Waals surface area contributed by atoms with Crippen LogP contribution in [-0.4, -0.2) is 0 Å². The topological polar surface area (TPSA) is 16.4 Å². The predicted molar refractivity (Wildman–Crippen MR) is 230 cm³/mol. The van der Waals surface area contributed by atoms with Crippen molar-refractivity contribution in [3.05, 3.63) is 187 Å². The highest BCUT2D eigenvalue weighted by Crippen LogP contribution is 2.51. The van der Waals surface area contributed by atoms with E-state index in [-0.39, 0.29) is 5.41 Å². The first-order valence-electron chi connectivity index (χ1n) is 18.6. The Morgan fingerprint density at radius 2 is 1.00 bits per heavy atom. The van der Waals surface area contributed by atoms with E-state index in [0.29, 0.717) is 0 Å². The van der Waals surface area contributed by atoms with Crippen molar-refractivity contribution in [2.75, 3.05) is 4.90 Å². The Kier molecular flexibility index (Phi) is 6.80. The summed E-state index contributed by atoms with van der Waals surface area (Å²) in [5.41, 5.74) is 15.3. The maximum Gasteiger partial charge on any atom is 0.136 e. The minimum atomic E-state index is -0.104. The van der Waals surface area contributed by atoms with E-state index < -0.39 is 0 Å². The Morgan fingerprint density at radius 3 is 1.80 bits per heavy atom. The number of benzene rings is 8. The molecule has 3 heteroatoms. The maximum atomic E-state index is 6.61. The zero-order chi connectivity index (χ0) is 36.0. The molecule has 8 aromatic carbocycles. The van der Waals surface area contributed by atoms with Gasteiger partial charge in [0.1, 0.15) is 11.2 Å². The van der Waals surface area contributed by atoms with Gasteiger partial charge in [0, 0.05) is 53.4 Å². The van der Waals surface area contributed by atoms with E-state index in [9.17, 15) is 0 Å². The van der Waals surface area contributed by atoms with Crippen molar-refractivity contribution in [1.29, 1.82) is 0 Å². The van der Waals surface area contributed by atoms with E-state index in [1.165, 1.54) is 64.7 Å². The van der Waals surface area contributed by atoms with Gasteiger partial charge in [-0.25, -0.2) is 0 Å². The monoisotopic (exact) mass is 709 g/mol. The average molecular weight is 710 g/mol. The number of hydrogen-bond acceptors (Lipinski definition) is 3. The Bertz CT molecular complexity index is 3060. The van der Waals surface area contributed by atoms with Crippen molar-refractivity contribution in [1.82, 2.24) is 0 Å². The molecule has 0 bridgehead atoms. The number of fused-ring (bicyclic) bond motifs is 9. The molecule has 0 saturated carbocycles. The molecule has 11 rings (SSSR count). The molecular weight excluding hydrogens is 675 g/mol. The van der Waals surface area contributed by atoms with Crippen LogP contribution in [0.4, 0.5) is 17.1 Å². The van der Waals surface area contributed by atoms with Crippen LogP contribution in [0.3, 0.4) is 0 Å². The van der Waals surface area contributed by atoms with Crippen LogP contribution in [0.2, 0.25) is 0 Å². The van der Waals surface area contributed by atoms with Crippen molar-refractivity contribution >= 4 is 70.5 Å². The van der Waals surface area contributed by atoms with E-state index in [1.807, 2.05) is 11.3 Å². The highest BCUT2D eigenvalue weighted by Gasteiger charge is 2.35. The molecule has 0 spiro atoms. The fraction of sp³-hybridized carbons (Fsp3) is 0.0588. The van der Waals surface area contributed by atoms with Crippen LogP contribution >= 0.6 is 11.3 Å². The molecule has 1 aliphatic rings. The molecule has 0 radical (unpaired) electrons. The normalized spacial score (nSPS) is 13.1. The van der Waals surface area contributed by atoms with Crippen molar-refractivity contribution in [2.24, 2.45) is 0 Å². The lowest BCUT2D eigenvalue weighted by molar-refractivity contribution is 0.660. The first-order valence-corrected chi connectivity index (χ1v) is 19.4. The van der Waals surface area contributed by atoms with Crippen molar-refractivity contribution in [2.45, 2.75) is 19.3 Å². The molecule has 0 atom stereocenters. The third-order valence-corrected chi connectivity index (χ3v) is 12.6. The SMILES string of the molecule is CC1(C)c2ccccc2-c2ccc(N(c3ccc(-c4ccccc4)cc3)c3ccc4oc5cc6c(cc5c4c3)sc3ccc(-c4ccccc4)cc36)cc21. The summed E-state index contributed by atoms with van der Waals surface area (Å²) in [7, 11) is 0. The largest absolute Gasteiger partial charge is 0.456 e. The molecule has 0 fully saturated rings. The van der Waals surface area contributed by atoms with Crippen LogP contribution in [0.15, 0.2) is 180 Å². The number of thiophene rings is 1. The van der Waals surface area contributed by atoms with Gasteiger partial charge in [-0.1, -0.05) is 123 Å². The predicted octanol–water partition coefficient (Wildman–Crippen LogP) is 15.1. The highest BCUT2D eigenvalue weighted by molar-refractivity contribution is 7.25. The molecule has 256 valence electrons. The lowest BCUT2D eigenvalue weighted by Gasteiger charge is -2.28. The number of furan rings is 1. The molecule has 0 saturated heterocycles. The molecule has 0 unspecified atom stereocenters. The number of rotatable bonds is 5. The summed E-state index contributed by atoms with van der Waals surface area (Å²) in [5.74, 6) is 0. The second-order valence-electron chi connectivity index (χ2n) is 15.0. The zero-order valence-electron chi connectivity index (χ0n) is 30.0. The summed E-state index contributed by atoms with van der Waals surface area (Å²) in [6.07, 6.45) is 0. The molecule has 0 N–H and O–H groups in total. The van der Waals surface area contributed by atoms with Gasteiger partial charge in [-0.15, -0.1) is 11.3 Å². The minimum absolute atomic E-state index is 0.104. The van der Waals surface area contributed by atoms with Crippen molar-refractivity contribution in [3.8, 4) is 33.4 Å². The van der Waals surface area contributed by atoms with Crippen LogP contribution in [0, 0.1) is 0 Å². The van der Waals surface area contributed by atoms with Gasteiger partial charge < -0.3 is 9.32 Å². The maximum absolute atomic E-state index is 6.61. The molecule has 54 heavy (non-hydrogen) atoms. The summed E-state index contributed by atoms with van der Waals surface area (Å²) in [4.78, 5) is 2.40. The standard InChI is InChI=1S/C51H35NOS/c1-51(2)45-16-10-9-15-39(45)40-24-22-38(29-46(40)51)52(36-20-17-34(18-21-36)32-11-5-3-6-12-32)37-23-25-47-41(28-37)42-31-50-44(30-48(42)53-47)43-27-35(19-26-49(43)54-50)33-13-7-4-8-14-33/h3-31H,1-2H3. The van der Waals surface area contributed by atoms with E-state index in [2.05, 4.69) is 195 Å². The van der Waals surface area contributed by atoms with Gasteiger partial charge in [-0.3, -0.25) is 0 Å². The van der Waals surface area contributed by atoms with Crippen LogP contribution < -0.4 is 4.90 Å². The lowest BCUT2D eigenvalue weighted by Crippen LogP contribution is -2.16. The Balaban J connectivity index is 1.07. The first kappa shape index (κ1) is 31.1. The fourth-order valence-corrected chi connectivity index (χ4v) is 9.80. The highest BCUT2D eigenvalue weighted by atomic mass is 32.1. The lowest BCUT2D eigenvalue weighted by atomic mass is 9.82. The third kappa shape index (κ3) is 4.79. The Hall–Kier alpha value is -6.42. The van der Waals surface area contributed by atoms with Gasteiger partial charge in [0.15, 0.2) is 0 Å². The number of nitrogens with zero attached hydrogens (tertiary/aromatic N) is 1. The van der Waals surface area contributed by atoms with Crippen molar-refractivity contribution < 1.29 is 4.42 Å². The molecule has 2 aromatic heterocycles. The molecule has 0 amide bonds. The molecule has 1 aliphatic carbocycles. The second kappa shape index (κ2) is 11.8. The zero-order valence-corrected chi connectivity index (χ0v) is 30.8. The van der Waals surface area contributed by atoms with Gasteiger partial charge in [0.05, 0.1) is 0 Å². The Labute approximate surface area is 318 Å². The average Bonchev–Trinajstić information content (AvgIpc) is 3.84. The van der Waals surface area contributed by atoms with Crippen LogP contribution in [-0.2, 0) is 5.41 Å². The molecular formula is C51H35NOS. The van der Waals surface area contributed by atoms with E-state index in [1.54, 1.807) is 0 Å². The summed E-state index contributed by atoms with van der Waals surface area (Å²) >= 11 is 1.85. The summed E-state index contributed by atoms with van der Waals surface area (Å²) in [5, 5.41) is 4.76. The van der Waals surface area contributed by atoms with Gasteiger partial charge in [-0.2, -0.15) is 0 Å². The van der Waals surface area contributed by atoms with E-state index >= 15 is 0 Å². The van der Waals surface area contributed by atoms with Gasteiger partial charge in [0.2, 0.25) is 0 Å². The smallest absolute Gasteiger partial charge is 0.136 e. The molecule has 0 aliphatic heterocycles. The first-order chi connectivity index (χ1) is 26.5. The number of hydrogen-bond donors (Lipinski definition) is 0. The van der Waals surface area contributed by atoms with Crippen LogP contribution in [0.25, 0.3) is 75.5 Å². The fourth-order valence-electron chi connectivity index (χ4n) is 8.70. The molecule has 2 heterocycles. The van der Waals surface area contributed by atoms with Gasteiger partial charge >= 0.3 is 0 Å². The van der Waals surface area contributed by atoms with Crippen LogP contribution in [0.5, 0.6) is 0 Å². The summed E-state index contributed by atoms with van der Waals surface area (Å²) in [6, 6.07) is 64.1. The quantitative estimate of drug-likeness (QED) is 0.177.